The van der Waals surface area contributed by atoms with Crippen molar-refractivity contribution in [1.82, 2.24) is 5.32 Å². The Morgan fingerprint density at radius 2 is 2.00 bits per heavy atom. The summed E-state index contributed by atoms with van der Waals surface area (Å²) in [6, 6.07) is 5.36. The van der Waals surface area contributed by atoms with Crippen molar-refractivity contribution in [3.63, 3.8) is 0 Å². The lowest BCUT2D eigenvalue weighted by atomic mass is 9.94. The molecule has 0 aromatic heterocycles. The fourth-order valence-corrected chi connectivity index (χ4v) is 2.47. The Bertz CT molecular complexity index is 437. The Morgan fingerprint density at radius 3 is 2.47 bits per heavy atom. The van der Waals surface area contributed by atoms with Crippen molar-refractivity contribution >= 4 is 52.5 Å². The van der Waals surface area contributed by atoms with Gasteiger partial charge in [-0.05, 0) is 53.6 Å². The molecule has 1 rings (SSSR count). The van der Waals surface area contributed by atoms with Crippen LogP contribution in [0.3, 0.4) is 0 Å². The molecule has 0 aliphatic heterocycles. The molecule has 1 aromatic rings. The smallest absolute Gasteiger partial charge is 0.252 e. The highest BCUT2D eigenvalue weighted by atomic mass is 127. The number of rotatable bonds is 5. The van der Waals surface area contributed by atoms with E-state index in [2.05, 4.69) is 27.9 Å². The fourth-order valence-electron chi connectivity index (χ4n) is 1.53. The van der Waals surface area contributed by atoms with Crippen molar-refractivity contribution in [2.24, 2.45) is 5.73 Å². The van der Waals surface area contributed by atoms with Gasteiger partial charge >= 0.3 is 0 Å². The summed E-state index contributed by atoms with van der Waals surface area (Å²) in [5.41, 5.74) is 6.29. The van der Waals surface area contributed by atoms with Gasteiger partial charge in [-0.2, -0.15) is 0 Å². The van der Waals surface area contributed by atoms with Crippen molar-refractivity contribution in [2.45, 2.75) is 32.2 Å². The second-order valence-electron chi connectivity index (χ2n) is 4.38. The summed E-state index contributed by atoms with van der Waals surface area (Å²) in [4.78, 5) is 12.0. The summed E-state index contributed by atoms with van der Waals surface area (Å²) in [5.74, 6) is -0.173. The standard InChI is InChI=1S/C13H18ClIN2O.ClH/c1-3-13(16,4-2)8-17-12(18)10-6-5-9(15)7-11(10)14;/h5-7H,3-4,8,16H2,1-2H3,(H,17,18);1H. The van der Waals surface area contributed by atoms with Crippen LogP contribution in [0.1, 0.15) is 37.0 Å². The van der Waals surface area contributed by atoms with Gasteiger partial charge in [0.1, 0.15) is 0 Å². The molecule has 0 bridgehead atoms. The maximum Gasteiger partial charge on any atom is 0.252 e. The minimum atomic E-state index is -0.342. The number of carbonyl (C=O) groups excluding carboxylic acids is 1. The van der Waals surface area contributed by atoms with Crippen LogP contribution in [0.5, 0.6) is 0 Å². The normalized spacial score (nSPS) is 10.8. The van der Waals surface area contributed by atoms with Crippen molar-refractivity contribution in [3.8, 4) is 0 Å². The quantitative estimate of drug-likeness (QED) is 0.720. The van der Waals surface area contributed by atoms with Gasteiger partial charge < -0.3 is 11.1 Å². The van der Waals surface area contributed by atoms with Crippen LogP contribution >= 0.6 is 46.6 Å². The van der Waals surface area contributed by atoms with Crippen LogP contribution in [0.25, 0.3) is 0 Å². The first-order valence-corrected chi connectivity index (χ1v) is 7.39. The number of nitrogens with one attached hydrogen (secondary N) is 1. The summed E-state index contributed by atoms with van der Waals surface area (Å²) < 4.78 is 1.00. The van der Waals surface area contributed by atoms with E-state index in [0.717, 1.165) is 16.4 Å². The summed E-state index contributed by atoms with van der Waals surface area (Å²) in [6.45, 7) is 4.50. The molecule has 0 unspecified atom stereocenters. The largest absolute Gasteiger partial charge is 0.350 e. The van der Waals surface area contributed by atoms with E-state index in [-0.39, 0.29) is 23.9 Å². The van der Waals surface area contributed by atoms with E-state index in [9.17, 15) is 4.79 Å². The molecule has 0 saturated carbocycles. The third-order valence-electron chi connectivity index (χ3n) is 3.19. The average molecular weight is 417 g/mol. The second-order valence-corrected chi connectivity index (χ2v) is 6.03. The monoisotopic (exact) mass is 416 g/mol. The van der Waals surface area contributed by atoms with E-state index in [4.69, 9.17) is 17.3 Å². The van der Waals surface area contributed by atoms with E-state index in [0.29, 0.717) is 17.1 Å². The van der Waals surface area contributed by atoms with Gasteiger partial charge in [-0.1, -0.05) is 25.4 Å². The van der Waals surface area contributed by atoms with Gasteiger partial charge in [-0.25, -0.2) is 0 Å². The Morgan fingerprint density at radius 1 is 1.42 bits per heavy atom. The lowest BCUT2D eigenvalue weighted by Crippen LogP contribution is -2.49. The molecule has 0 atom stereocenters. The van der Waals surface area contributed by atoms with Crippen LogP contribution in [0.2, 0.25) is 5.02 Å². The van der Waals surface area contributed by atoms with E-state index < -0.39 is 0 Å². The minimum Gasteiger partial charge on any atom is -0.350 e. The zero-order chi connectivity index (χ0) is 13.8. The lowest BCUT2D eigenvalue weighted by Gasteiger charge is -2.26. The van der Waals surface area contributed by atoms with Crippen LogP contribution in [-0.4, -0.2) is 18.0 Å². The molecule has 0 saturated heterocycles. The zero-order valence-corrected chi connectivity index (χ0v) is 14.7. The Labute approximate surface area is 139 Å². The van der Waals surface area contributed by atoms with Gasteiger partial charge in [0.2, 0.25) is 0 Å². The molecule has 0 aliphatic carbocycles. The highest BCUT2D eigenvalue weighted by Gasteiger charge is 2.21. The SMILES string of the molecule is CCC(N)(CC)CNC(=O)c1ccc(I)cc1Cl.Cl. The Kier molecular flexibility index (Phi) is 8.27. The molecule has 0 aliphatic rings. The number of halogens is 3. The number of hydrogen-bond donors (Lipinski definition) is 2. The zero-order valence-electron chi connectivity index (χ0n) is 11.0. The lowest BCUT2D eigenvalue weighted by molar-refractivity contribution is 0.0942. The van der Waals surface area contributed by atoms with Crippen LogP contribution in [0.15, 0.2) is 18.2 Å². The summed E-state index contributed by atoms with van der Waals surface area (Å²) in [6.07, 6.45) is 1.65. The Hall–Kier alpha value is -0.0400. The molecule has 19 heavy (non-hydrogen) atoms. The van der Waals surface area contributed by atoms with Crippen molar-refractivity contribution in [1.29, 1.82) is 0 Å². The molecule has 0 spiro atoms. The topological polar surface area (TPSA) is 55.1 Å². The molecule has 108 valence electrons. The molecule has 0 radical (unpaired) electrons. The minimum absolute atomic E-state index is 0. The third kappa shape index (κ3) is 5.45. The molecule has 3 nitrogen and oxygen atoms in total. The molecule has 0 heterocycles. The predicted molar refractivity (Wildman–Crippen MR) is 91.3 cm³/mol. The van der Waals surface area contributed by atoms with E-state index in [1.807, 2.05) is 19.9 Å². The van der Waals surface area contributed by atoms with Gasteiger partial charge in [0.05, 0.1) is 10.6 Å². The van der Waals surface area contributed by atoms with Crippen LogP contribution in [0, 0.1) is 3.57 Å². The molecule has 1 aromatic carbocycles. The summed E-state index contributed by atoms with van der Waals surface area (Å²) in [5, 5.41) is 3.32. The van der Waals surface area contributed by atoms with Crippen LogP contribution < -0.4 is 11.1 Å². The van der Waals surface area contributed by atoms with Gasteiger partial charge in [0, 0.05) is 15.7 Å². The van der Waals surface area contributed by atoms with Gasteiger partial charge in [0.15, 0.2) is 0 Å². The van der Waals surface area contributed by atoms with Gasteiger partial charge in [-0.3, -0.25) is 4.79 Å². The van der Waals surface area contributed by atoms with E-state index in [1.165, 1.54) is 0 Å². The molecule has 0 fully saturated rings. The Balaban J connectivity index is 0.00000324. The summed E-state index contributed by atoms with van der Waals surface area (Å²) in [7, 11) is 0. The van der Waals surface area contributed by atoms with E-state index >= 15 is 0 Å². The van der Waals surface area contributed by atoms with Crippen molar-refractivity contribution in [2.75, 3.05) is 6.54 Å². The first-order valence-electron chi connectivity index (χ1n) is 5.94. The highest BCUT2D eigenvalue weighted by Crippen LogP contribution is 2.19. The fraction of sp³-hybridized carbons (Fsp3) is 0.462. The number of carbonyl (C=O) groups is 1. The van der Waals surface area contributed by atoms with Crippen molar-refractivity contribution < 1.29 is 4.79 Å². The van der Waals surface area contributed by atoms with Gasteiger partial charge in [0.25, 0.3) is 5.91 Å². The first-order chi connectivity index (χ1) is 8.41. The van der Waals surface area contributed by atoms with Gasteiger partial charge in [-0.15, -0.1) is 12.4 Å². The third-order valence-corrected chi connectivity index (χ3v) is 4.17. The predicted octanol–water partition coefficient (Wildman–Crippen LogP) is 3.61. The number of benzene rings is 1. The highest BCUT2D eigenvalue weighted by molar-refractivity contribution is 14.1. The summed E-state index contributed by atoms with van der Waals surface area (Å²) >= 11 is 8.20. The molecular weight excluding hydrogens is 398 g/mol. The number of amides is 1. The second kappa shape index (κ2) is 8.29. The maximum atomic E-state index is 12.0. The van der Waals surface area contributed by atoms with Crippen LogP contribution in [0.4, 0.5) is 0 Å². The molecule has 3 N–H and O–H groups in total. The van der Waals surface area contributed by atoms with Crippen LogP contribution in [-0.2, 0) is 0 Å². The number of hydrogen-bond acceptors (Lipinski definition) is 2. The van der Waals surface area contributed by atoms with E-state index in [1.54, 1.807) is 12.1 Å². The molecular formula is C13H19Cl2IN2O. The van der Waals surface area contributed by atoms with Crippen molar-refractivity contribution in [3.05, 3.63) is 32.4 Å². The average Bonchev–Trinajstić information content (AvgIpc) is 2.35. The molecule has 1 amide bonds. The number of nitrogens with two attached hydrogens (primary N) is 1. The molecule has 6 heteroatoms. The first kappa shape index (κ1) is 19.0. The maximum absolute atomic E-state index is 12.0.